The number of hydrogen-bond acceptors (Lipinski definition) is 4. The van der Waals surface area contributed by atoms with Crippen molar-refractivity contribution >= 4 is 34.8 Å². The number of hydrogen-bond donors (Lipinski definition) is 3. The van der Waals surface area contributed by atoms with E-state index in [2.05, 4.69) is 10.6 Å². The van der Waals surface area contributed by atoms with E-state index in [0.29, 0.717) is 25.3 Å². The number of carbonyl (C=O) groups is 1. The van der Waals surface area contributed by atoms with Crippen molar-refractivity contribution in [1.82, 2.24) is 5.32 Å². The Bertz CT molecular complexity index is 493. The van der Waals surface area contributed by atoms with Crippen LogP contribution in [0.15, 0.2) is 12.1 Å². The van der Waals surface area contributed by atoms with Crippen molar-refractivity contribution in [2.24, 2.45) is 5.41 Å². The van der Waals surface area contributed by atoms with Crippen molar-refractivity contribution in [3.8, 4) is 5.75 Å². The van der Waals surface area contributed by atoms with Gasteiger partial charge in [-0.15, -0.1) is 0 Å². The van der Waals surface area contributed by atoms with Crippen molar-refractivity contribution in [3.63, 3.8) is 0 Å². The molecule has 1 aliphatic rings. The van der Waals surface area contributed by atoms with E-state index in [9.17, 15) is 9.90 Å². The molecular formula is C13H16Cl2N2O3. The van der Waals surface area contributed by atoms with Crippen LogP contribution in [-0.4, -0.2) is 37.8 Å². The number of benzene rings is 1. The summed E-state index contributed by atoms with van der Waals surface area (Å²) in [7, 11) is 1.57. The molecule has 1 fully saturated rings. The first-order chi connectivity index (χ1) is 9.48. The van der Waals surface area contributed by atoms with Gasteiger partial charge in [-0.05, 0) is 25.1 Å². The molecule has 0 spiro atoms. The summed E-state index contributed by atoms with van der Waals surface area (Å²) in [5.74, 6) is -0.345. The number of rotatable bonds is 4. The molecule has 1 amide bonds. The Morgan fingerprint density at radius 2 is 2.15 bits per heavy atom. The lowest BCUT2D eigenvalue weighted by Crippen LogP contribution is -2.41. The summed E-state index contributed by atoms with van der Waals surface area (Å²) in [5, 5.41) is 15.6. The van der Waals surface area contributed by atoms with E-state index in [4.69, 9.17) is 27.9 Å². The van der Waals surface area contributed by atoms with Gasteiger partial charge in [0.2, 0.25) is 5.91 Å². The van der Waals surface area contributed by atoms with Gasteiger partial charge in [0, 0.05) is 19.3 Å². The number of methoxy groups -OCH3 is 1. The fourth-order valence-corrected chi connectivity index (χ4v) is 2.79. The van der Waals surface area contributed by atoms with E-state index in [1.54, 1.807) is 7.11 Å². The number of carbonyl (C=O) groups excluding carboxylic acids is 1. The Kier molecular flexibility index (Phi) is 4.75. The summed E-state index contributed by atoms with van der Waals surface area (Å²) < 4.78 is 5.16. The monoisotopic (exact) mass is 318 g/mol. The van der Waals surface area contributed by atoms with Gasteiger partial charge >= 0.3 is 0 Å². The second-order valence-electron chi connectivity index (χ2n) is 4.88. The van der Waals surface area contributed by atoms with Crippen LogP contribution in [0, 0.1) is 5.41 Å². The predicted molar refractivity (Wildman–Crippen MR) is 78.6 cm³/mol. The van der Waals surface area contributed by atoms with Gasteiger partial charge in [-0.1, -0.05) is 23.2 Å². The van der Waals surface area contributed by atoms with Gasteiger partial charge in [-0.3, -0.25) is 4.79 Å². The Balaban J connectivity index is 2.18. The third-order valence-corrected chi connectivity index (χ3v) is 4.00. The molecule has 1 unspecified atom stereocenters. The first-order valence-electron chi connectivity index (χ1n) is 6.18. The van der Waals surface area contributed by atoms with Crippen molar-refractivity contribution in [3.05, 3.63) is 22.2 Å². The summed E-state index contributed by atoms with van der Waals surface area (Å²) >= 11 is 11.7. The molecule has 0 bridgehead atoms. The summed E-state index contributed by atoms with van der Waals surface area (Å²) in [6.45, 7) is 1.67. The van der Waals surface area contributed by atoms with Gasteiger partial charge in [0.05, 0.1) is 22.1 Å². The number of phenolic OH excluding ortho intramolecular Hbond substituents is 1. The van der Waals surface area contributed by atoms with Crippen LogP contribution in [0.25, 0.3) is 0 Å². The van der Waals surface area contributed by atoms with E-state index >= 15 is 0 Å². The van der Waals surface area contributed by atoms with Crippen molar-refractivity contribution in [2.45, 2.75) is 6.42 Å². The lowest BCUT2D eigenvalue weighted by Gasteiger charge is -2.26. The Labute approximate surface area is 127 Å². The van der Waals surface area contributed by atoms with Crippen molar-refractivity contribution in [2.75, 3.05) is 32.1 Å². The van der Waals surface area contributed by atoms with E-state index in [1.807, 2.05) is 0 Å². The van der Waals surface area contributed by atoms with Crippen LogP contribution in [-0.2, 0) is 9.53 Å². The molecule has 3 N–H and O–H groups in total. The van der Waals surface area contributed by atoms with E-state index in [0.717, 1.165) is 6.54 Å². The summed E-state index contributed by atoms with van der Waals surface area (Å²) in [6, 6.07) is 2.92. The molecule has 1 aromatic rings. The van der Waals surface area contributed by atoms with Gasteiger partial charge in [0.25, 0.3) is 0 Å². The molecule has 1 heterocycles. The summed E-state index contributed by atoms with van der Waals surface area (Å²) in [4.78, 5) is 12.5. The third-order valence-electron chi connectivity index (χ3n) is 3.42. The van der Waals surface area contributed by atoms with Crippen LogP contribution in [0.1, 0.15) is 6.42 Å². The molecule has 0 saturated carbocycles. The molecule has 0 radical (unpaired) electrons. The average molecular weight is 319 g/mol. The first-order valence-corrected chi connectivity index (χ1v) is 6.93. The minimum absolute atomic E-state index is 0.0955. The maximum Gasteiger partial charge on any atom is 0.234 e. The quantitative estimate of drug-likeness (QED) is 0.745. The van der Waals surface area contributed by atoms with E-state index in [-0.39, 0.29) is 21.7 Å². The van der Waals surface area contributed by atoms with Gasteiger partial charge in [-0.2, -0.15) is 0 Å². The maximum absolute atomic E-state index is 12.5. The summed E-state index contributed by atoms with van der Waals surface area (Å²) in [6.07, 6.45) is 0.701. The molecular weight excluding hydrogens is 303 g/mol. The lowest BCUT2D eigenvalue weighted by molar-refractivity contribution is -0.127. The fourth-order valence-electron chi connectivity index (χ4n) is 2.30. The zero-order valence-electron chi connectivity index (χ0n) is 11.0. The van der Waals surface area contributed by atoms with Crippen molar-refractivity contribution < 1.29 is 14.6 Å². The van der Waals surface area contributed by atoms with Gasteiger partial charge in [-0.25, -0.2) is 0 Å². The lowest BCUT2D eigenvalue weighted by atomic mass is 9.87. The molecule has 7 heteroatoms. The zero-order chi connectivity index (χ0) is 14.8. The maximum atomic E-state index is 12.5. The van der Waals surface area contributed by atoms with Gasteiger partial charge in [0.15, 0.2) is 5.75 Å². The Hall–Kier alpha value is -1.01. The molecule has 1 aromatic carbocycles. The highest BCUT2D eigenvalue weighted by Crippen LogP contribution is 2.35. The molecule has 2 rings (SSSR count). The van der Waals surface area contributed by atoms with E-state index in [1.165, 1.54) is 12.1 Å². The van der Waals surface area contributed by atoms with Crippen LogP contribution in [0.2, 0.25) is 10.0 Å². The summed E-state index contributed by atoms with van der Waals surface area (Å²) in [5.41, 5.74) is -0.142. The van der Waals surface area contributed by atoms with Gasteiger partial charge in [0.1, 0.15) is 0 Å². The molecule has 5 nitrogen and oxygen atoms in total. The Morgan fingerprint density at radius 3 is 2.65 bits per heavy atom. The number of nitrogens with one attached hydrogen (secondary N) is 2. The molecule has 1 aliphatic heterocycles. The number of phenols is 1. The molecule has 20 heavy (non-hydrogen) atoms. The largest absolute Gasteiger partial charge is 0.505 e. The highest BCUT2D eigenvalue weighted by molar-refractivity contribution is 6.37. The predicted octanol–water partition coefficient (Wildman–Crippen LogP) is 2.26. The van der Waals surface area contributed by atoms with Crippen LogP contribution in [0.5, 0.6) is 5.75 Å². The highest BCUT2D eigenvalue weighted by Gasteiger charge is 2.41. The second kappa shape index (κ2) is 6.18. The SMILES string of the molecule is COCC1(C(=O)Nc2cc(Cl)c(O)c(Cl)c2)CCNC1. The molecule has 0 aliphatic carbocycles. The molecule has 1 saturated heterocycles. The van der Waals surface area contributed by atoms with Crippen LogP contribution in [0.3, 0.4) is 0 Å². The zero-order valence-corrected chi connectivity index (χ0v) is 12.5. The van der Waals surface area contributed by atoms with E-state index < -0.39 is 5.41 Å². The standard InChI is InChI=1S/C13H16Cl2N2O3/c1-20-7-13(2-3-16-6-13)12(19)17-8-4-9(14)11(18)10(15)5-8/h4-5,16,18H,2-3,6-7H2,1H3,(H,17,19). The van der Waals surface area contributed by atoms with Crippen LogP contribution in [0.4, 0.5) is 5.69 Å². The minimum Gasteiger partial charge on any atom is -0.505 e. The number of amides is 1. The third kappa shape index (κ3) is 3.01. The van der Waals surface area contributed by atoms with Crippen LogP contribution >= 0.6 is 23.2 Å². The highest BCUT2D eigenvalue weighted by atomic mass is 35.5. The fraction of sp³-hybridized carbons (Fsp3) is 0.462. The van der Waals surface area contributed by atoms with Crippen molar-refractivity contribution in [1.29, 1.82) is 0 Å². The number of anilines is 1. The number of aromatic hydroxyl groups is 1. The first kappa shape index (κ1) is 15.4. The van der Waals surface area contributed by atoms with Gasteiger partial charge < -0.3 is 20.5 Å². The molecule has 1 atom stereocenters. The molecule has 0 aromatic heterocycles. The average Bonchev–Trinajstić information content (AvgIpc) is 2.86. The number of ether oxygens (including phenoxy) is 1. The normalized spacial score (nSPS) is 21.9. The second-order valence-corrected chi connectivity index (χ2v) is 5.70. The Morgan fingerprint density at radius 1 is 1.50 bits per heavy atom. The minimum atomic E-state index is -0.592. The smallest absolute Gasteiger partial charge is 0.234 e. The topological polar surface area (TPSA) is 70.6 Å². The molecule has 110 valence electrons. The van der Waals surface area contributed by atoms with Crippen LogP contribution < -0.4 is 10.6 Å². The number of halogens is 2.